The van der Waals surface area contributed by atoms with Gasteiger partial charge in [0.2, 0.25) is 0 Å². The molecule has 2 rings (SSSR count). The molecule has 0 aliphatic heterocycles. The van der Waals surface area contributed by atoms with Crippen LogP contribution in [0.3, 0.4) is 0 Å². The van der Waals surface area contributed by atoms with Gasteiger partial charge in [-0.15, -0.1) is 0 Å². The molecule has 0 fully saturated rings. The maximum atomic E-state index is 8.44. The summed E-state index contributed by atoms with van der Waals surface area (Å²) < 4.78 is 6.06. The number of nitrogens with one attached hydrogen (secondary N) is 1. The summed E-state index contributed by atoms with van der Waals surface area (Å²) in [5, 5.41) is 12.4. The van der Waals surface area contributed by atoms with Crippen molar-refractivity contribution in [3.63, 3.8) is 0 Å². The van der Waals surface area contributed by atoms with Crippen LogP contribution in [-0.4, -0.2) is 6.61 Å². The molecule has 0 saturated carbocycles. The van der Waals surface area contributed by atoms with Crippen LogP contribution in [0.15, 0.2) is 46.9 Å². The Bertz CT molecular complexity index is 623. The molecule has 20 heavy (non-hydrogen) atoms. The predicted molar refractivity (Wildman–Crippen MR) is 84.0 cm³/mol. The zero-order valence-corrected chi connectivity index (χ0v) is 12.9. The highest BCUT2D eigenvalue weighted by Crippen LogP contribution is 2.25. The van der Waals surface area contributed by atoms with Gasteiger partial charge in [-0.3, -0.25) is 0 Å². The van der Waals surface area contributed by atoms with Crippen molar-refractivity contribution in [1.29, 1.82) is 5.26 Å². The molecular weight excluding hydrogens is 340 g/mol. The van der Waals surface area contributed by atoms with Gasteiger partial charge < -0.3 is 10.1 Å². The molecule has 0 atom stereocenters. The summed E-state index contributed by atoms with van der Waals surface area (Å²) in [6.45, 7) is 0.767. The Morgan fingerprint density at radius 3 is 2.60 bits per heavy atom. The first-order valence-corrected chi connectivity index (χ1v) is 7.14. The summed E-state index contributed by atoms with van der Waals surface area (Å²) in [5.74, 6) is 0.699. The maximum Gasteiger partial charge on any atom is 0.174 e. The average Bonchev–Trinajstić information content (AvgIpc) is 2.47. The highest BCUT2D eigenvalue weighted by atomic mass is 79.9. The summed E-state index contributed by atoms with van der Waals surface area (Å²) in [6, 6.07) is 15.3. The molecule has 0 heterocycles. The Kier molecular flexibility index (Phi) is 5.28. The monoisotopic (exact) mass is 350 g/mol. The lowest BCUT2D eigenvalue weighted by Crippen LogP contribution is -1.99. The smallest absolute Gasteiger partial charge is 0.174 e. The molecule has 0 bridgehead atoms. The summed E-state index contributed by atoms with van der Waals surface area (Å²) >= 11 is 9.34. The molecule has 5 heteroatoms. The minimum atomic E-state index is 0.0659. The first kappa shape index (κ1) is 14.7. The zero-order valence-electron chi connectivity index (χ0n) is 10.6. The third kappa shape index (κ3) is 4.16. The second kappa shape index (κ2) is 7.18. The SMILES string of the molecule is N#CCOc1ccc(CNc2ccc(Cl)c(Br)c2)cc1. The van der Waals surface area contributed by atoms with E-state index in [0.29, 0.717) is 17.3 Å². The van der Waals surface area contributed by atoms with E-state index in [1.165, 1.54) is 0 Å². The molecule has 0 aliphatic rings. The number of hydrogen-bond acceptors (Lipinski definition) is 3. The molecule has 3 nitrogen and oxygen atoms in total. The lowest BCUT2D eigenvalue weighted by molar-refractivity contribution is 0.368. The van der Waals surface area contributed by atoms with Gasteiger partial charge in [0.05, 0.1) is 5.02 Å². The quantitative estimate of drug-likeness (QED) is 0.855. The topological polar surface area (TPSA) is 45.0 Å². The number of hydrogen-bond donors (Lipinski definition) is 1. The van der Waals surface area contributed by atoms with E-state index in [-0.39, 0.29) is 6.61 Å². The Morgan fingerprint density at radius 2 is 1.95 bits per heavy atom. The van der Waals surface area contributed by atoms with Gasteiger partial charge in [0.1, 0.15) is 11.8 Å². The van der Waals surface area contributed by atoms with Gasteiger partial charge >= 0.3 is 0 Å². The van der Waals surface area contributed by atoms with E-state index in [1.54, 1.807) is 0 Å². The Morgan fingerprint density at radius 1 is 1.20 bits per heavy atom. The van der Waals surface area contributed by atoms with Crippen molar-refractivity contribution in [1.82, 2.24) is 0 Å². The van der Waals surface area contributed by atoms with Gasteiger partial charge in [0, 0.05) is 16.7 Å². The van der Waals surface area contributed by atoms with Gasteiger partial charge in [-0.05, 0) is 51.8 Å². The fourth-order valence-corrected chi connectivity index (χ4v) is 2.13. The molecule has 2 aromatic carbocycles. The highest BCUT2D eigenvalue weighted by Gasteiger charge is 2.00. The van der Waals surface area contributed by atoms with E-state index in [1.807, 2.05) is 48.5 Å². The van der Waals surface area contributed by atoms with Gasteiger partial charge in [-0.2, -0.15) is 5.26 Å². The van der Waals surface area contributed by atoms with Crippen molar-refractivity contribution in [2.45, 2.75) is 6.54 Å². The third-order valence-corrected chi connectivity index (χ3v) is 3.86. The number of rotatable bonds is 5. The van der Waals surface area contributed by atoms with Crippen LogP contribution in [0, 0.1) is 11.3 Å². The molecule has 102 valence electrons. The molecular formula is C15H12BrClN2O. The van der Waals surface area contributed by atoms with Gasteiger partial charge in [-0.1, -0.05) is 23.7 Å². The Hall–Kier alpha value is -1.70. The maximum absolute atomic E-state index is 8.44. The number of halogens is 2. The van der Waals surface area contributed by atoms with Crippen molar-refractivity contribution in [2.24, 2.45) is 0 Å². The van der Waals surface area contributed by atoms with Gasteiger partial charge in [0.15, 0.2) is 6.61 Å². The molecule has 0 aromatic heterocycles. The number of nitrogens with zero attached hydrogens (tertiary/aromatic N) is 1. The molecule has 0 spiro atoms. The van der Waals surface area contributed by atoms with Crippen molar-refractivity contribution in [3.05, 3.63) is 57.5 Å². The van der Waals surface area contributed by atoms with Gasteiger partial charge in [0.25, 0.3) is 0 Å². The molecule has 1 N–H and O–H groups in total. The number of benzene rings is 2. The van der Waals surface area contributed by atoms with Crippen molar-refractivity contribution in [3.8, 4) is 11.8 Å². The van der Waals surface area contributed by atoms with E-state index in [9.17, 15) is 0 Å². The van der Waals surface area contributed by atoms with Crippen LogP contribution in [0.1, 0.15) is 5.56 Å². The summed E-state index contributed by atoms with van der Waals surface area (Å²) in [6.07, 6.45) is 0. The van der Waals surface area contributed by atoms with Crippen molar-refractivity contribution < 1.29 is 4.74 Å². The van der Waals surface area contributed by atoms with Crippen LogP contribution in [0.25, 0.3) is 0 Å². The standard InChI is InChI=1S/C15H12BrClN2O/c16-14-9-12(3-6-15(14)17)19-10-11-1-4-13(5-2-11)20-8-7-18/h1-6,9,19H,8,10H2. The molecule has 0 saturated heterocycles. The molecule has 0 unspecified atom stereocenters. The second-order valence-electron chi connectivity index (χ2n) is 4.07. The van der Waals surface area contributed by atoms with Crippen molar-refractivity contribution in [2.75, 3.05) is 11.9 Å². The molecule has 0 aliphatic carbocycles. The van der Waals surface area contributed by atoms with Crippen LogP contribution in [-0.2, 0) is 6.54 Å². The fraction of sp³-hybridized carbons (Fsp3) is 0.133. The largest absolute Gasteiger partial charge is 0.479 e. The van der Waals surface area contributed by atoms with Crippen LogP contribution < -0.4 is 10.1 Å². The lowest BCUT2D eigenvalue weighted by Gasteiger charge is -2.08. The normalized spacial score (nSPS) is 9.85. The van der Waals surface area contributed by atoms with Crippen LogP contribution >= 0.6 is 27.5 Å². The minimum absolute atomic E-state index is 0.0659. The Balaban J connectivity index is 1.93. The molecule has 0 radical (unpaired) electrons. The fourth-order valence-electron chi connectivity index (χ4n) is 1.63. The number of anilines is 1. The number of nitriles is 1. The second-order valence-corrected chi connectivity index (χ2v) is 5.33. The molecule has 0 amide bonds. The number of ether oxygens (including phenoxy) is 1. The summed E-state index contributed by atoms with van der Waals surface area (Å²) in [5.41, 5.74) is 2.12. The van der Waals surface area contributed by atoms with E-state index in [2.05, 4.69) is 21.2 Å². The molecule has 2 aromatic rings. The lowest BCUT2D eigenvalue weighted by atomic mass is 10.2. The first-order valence-electron chi connectivity index (χ1n) is 5.96. The third-order valence-electron chi connectivity index (χ3n) is 2.64. The Labute approximate surface area is 131 Å². The first-order chi connectivity index (χ1) is 9.69. The van der Waals surface area contributed by atoms with E-state index < -0.39 is 0 Å². The minimum Gasteiger partial charge on any atom is -0.479 e. The van der Waals surface area contributed by atoms with Crippen LogP contribution in [0.5, 0.6) is 5.75 Å². The van der Waals surface area contributed by atoms with Gasteiger partial charge in [-0.25, -0.2) is 0 Å². The van der Waals surface area contributed by atoms with E-state index >= 15 is 0 Å². The van der Waals surface area contributed by atoms with E-state index in [0.717, 1.165) is 15.7 Å². The summed E-state index contributed by atoms with van der Waals surface area (Å²) in [4.78, 5) is 0. The van der Waals surface area contributed by atoms with Crippen LogP contribution in [0.2, 0.25) is 5.02 Å². The predicted octanol–water partition coefficient (Wildman–Crippen LogP) is 4.62. The summed E-state index contributed by atoms with van der Waals surface area (Å²) in [7, 11) is 0. The van der Waals surface area contributed by atoms with Crippen LogP contribution in [0.4, 0.5) is 5.69 Å². The zero-order chi connectivity index (χ0) is 14.4. The van der Waals surface area contributed by atoms with Crippen molar-refractivity contribution >= 4 is 33.2 Å². The average molecular weight is 352 g/mol. The van der Waals surface area contributed by atoms with E-state index in [4.69, 9.17) is 21.6 Å². The highest BCUT2D eigenvalue weighted by molar-refractivity contribution is 9.10.